The van der Waals surface area contributed by atoms with Crippen molar-refractivity contribution < 1.29 is 5.11 Å². The summed E-state index contributed by atoms with van der Waals surface area (Å²) in [6, 6.07) is 0. The van der Waals surface area contributed by atoms with E-state index in [4.69, 9.17) is 0 Å². The van der Waals surface area contributed by atoms with Crippen molar-refractivity contribution in [2.24, 2.45) is 11.8 Å². The molecule has 0 spiro atoms. The van der Waals surface area contributed by atoms with Crippen molar-refractivity contribution in [2.75, 3.05) is 25.0 Å². The van der Waals surface area contributed by atoms with Gasteiger partial charge in [0.1, 0.15) is 0 Å². The van der Waals surface area contributed by atoms with Crippen LogP contribution in [0.25, 0.3) is 0 Å². The standard InChI is InChI=1S/C11H20BrNO/c12-5-11(14)8-13-6-9-3-1-2-4-10(9)7-13/h9-11,14H,1-8H2. The molecule has 0 aromatic rings. The Balaban J connectivity index is 1.80. The molecule has 0 radical (unpaired) electrons. The molecule has 1 aliphatic heterocycles. The molecule has 2 aliphatic rings. The van der Waals surface area contributed by atoms with Crippen LogP contribution in [0.3, 0.4) is 0 Å². The van der Waals surface area contributed by atoms with E-state index in [0.29, 0.717) is 5.33 Å². The van der Waals surface area contributed by atoms with Gasteiger partial charge in [0, 0.05) is 25.0 Å². The van der Waals surface area contributed by atoms with Crippen LogP contribution in [-0.2, 0) is 0 Å². The number of rotatable bonds is 3. The van der Waals surface area contributed by atoms with E-state index in [1.807, 2.05) is 0 Å². The monoisotopic (exact) mass is 261 g/mol. The third kappa shape index (κ3) is 2.50. The molecule has 0 aromatic heterocycles. The largest absolute Gasteiger partial charge is 0.391 e. The van der Waals surface area contributed by atoms with Gasteiger partial charge in [0.25, 0.3) is 0 Å². The maximum absolute atomic E-state index is 9.56. The zero-order valence-corrected chi connectivity index (χ0v) is 10.2. The third-order valence-electron chi connectivity index (χ3n) is 3.70. The summed E-state index contributed by atoms with van der Waals surface area (Å²) in [6.07, 6.45) is 5.51. The number of aliphatic hydroxyl groups is 1. The molecule has 1 heterocycles. The number of likely N-dealkylation sites (tertiary alicyclic amines) is 1. The Morgan fingerprint density at radius 1 is 1.21 bits per heavy atom. The van der Waals surface area contributed by atoms with Gasteiger partial charge < -0.3 is 10.0 Å². The quantitative estimate of drug-likeness (QED) is 0.785. The van der Waals surface area contributed by atoms with Crippen molar-refractivity contribution in [1.82, 2.24) is 4.90 Å². The molecule has 3 unspecified atom stereocenters. The molecule has 0 aromatic carbocycles. The number of β-amino-alcohol motifs (C(OH)–C–C–N with tert-alkyl or cyclic N) is 1. The highest BCUT2D eigenvalue weighted by Crippen LogP contribution is 2.35. The Kier molecular flexibility index (Phi) is 3.86. The Labute approximate surface area is 94.8 Å². The van der Waals surface area contributed by atoms with Crippen LogP contribution < -0.4 is 0 Å². The number of hydrogen-bond acceptors (Lipinski definition) is 2. The van der Waals surface area contributed by atoms with Crippen LogP contribution in [0.5, 0.6) is 0 Å². The molecule has 2 nitrogen and oxygen atoms in total. The molecule has 3 heteroatoms. The lowest BCUT2D eigenvalue weighted by atomic mass is 9.82. The van der Waals surface area contributed by atoms with Crippen molar-refractivity contribution in [2.45, 2.75) is 31.8 Å². The molecule has 1 N–H and O–H groups in total. The van der Waals surface area contributed by atoms with E-state index in [9.17, 15) is 5.11 Å². The molecule has 0 bridgehead atoms. The topological polar surface area (TPSA) is 23.5 Å². The minimum atomic E-state index is -0.185. The first kappa shape index (κ1) is 10.9. The van der Waals surface area contributed by atoms with Crippen LogP contribution in [0.15, 0.2) is 0 Å². The van der Waals surface area contributed by atoms with E-state index < -0.39 is 0 Å². The first-order chi connectivity index (χ1) is 6.79. The molecule has 2 fully saturated rings. The van der Waals surface area contributed by atoms with E-state index >= 15 is 0 Å². The summed E-state index contributed by atoms with van der Waals surface area (Å²) in [6.45, 7) is 3.32. The minimum Gasteiger partial charge on any atom is -0.391 e. The summed E-state index contributed by atoms with van der Waals surface area (Å²) in [5.41, 5.74) is 0. The molecule has 2 rings (SSSR count). The molecule has 3 atom stereocenters. The van der Waals surface area contributed by atoms with E-state index in [-0.39, 0.29) is 6.10 Å². The SMILES string of the molecule is OC(CBr)CN1CC2CCCCC2C1. The number of fused-ring (bicyclic) bond motifs is 1. The summed E-state index contributed by atoms with van der Waals surface area (Å²) in [5, 5.41) is 10.3. The Hall–Kier alpha value is 0.400. The molecule has 1 saturated heterocycles. The van der Waals surface area contributed by atoms with Gasteiger partial charge >= 0.3 is 0 Å². The normalized spacial score (nSPS) is 35.6. The second-order valence-electron chi connectivity index (χ2n) is 4.83. The van der Waals surface area contributed by atoms with Gasteiger partial charge in [-0.1, -0.05) is 28.8 Å². The van der Waals surface area contributed by atoms with Gasteiger partial charge in [0.15, 0.2) is 0 Å². The average molecular weight is 262 g/mol. The van der Waals surface area contributed by atoms with Gasteiger partial charge in [-0.05, 0) is 24.7 Å². The number of hydrogen-bond donors (Lipinski definition) is 1. The van der Waals surface area contributed by atoms with Crippen LogP contribution in [0.2, 0.25) is 0 Å². The highest BCUT2D eigenvalue weighted by Gasteiger charge is 2.34. The predicted octanol–water partition coefficient (Wildman–Crippen LogP) is 1.86. The van der Waals surface area contributed by atoms with Crippen LogP contribution in [0.4, 0.5) is 0 Å². The Bertz CT molecular complexity index is 174. The van der Waals surface area contributed by atoms with E-state index in [2.05, 4.69) is 20.8 Å². The summed E-state index contributed by atoms with van der Waals surface area (Å²) in [4.78, 5) is 2.45. The Morgan fingerprint density at radius 3 is 2.29 bits per heavy atom. The summed E-state index contributed by atoms with van der Waals surface area (Å²) < 4.78 is 0. The van der Waals surface area contributed by atoms with E-state index in [1.54, 1.807) is 0 Å². The van der Waals surface area contributed by atoms with Crippen molar-refractivity contribution in [3.63, 3.8) is 0 Å². The predicted molar refractivity (Wildman–Crippen MR) is 61.7 cm³/mol. The maximum Gasteiger partial charge on any atom is 0.0763 e. The maximum atomic E-state index is 9.56. The van der Waals surface area contributed by atoms with Gasteiger partial charge in [0.05, 0.1) is 6.10 Å². The second kappa shape index (κ2) is 4.95. The first-order valence-electron chi connectivity index (χ1n) is 5.76. The van der Waals surface area contributed by atoms with Crippen molar-refractivity contribution in [3.05, 3.63) is 0 Å². The van der Waals surface area contributed by atoms with Crippen molar-refractivity contribution in [1.29, 1.82) is 0 Å². The minimum absolute atomic E-state index is 0.185. The van der Waals surface area contributed by atoms with Gasteiger partial charge in [-0.25, -0.2) is 0 Å². The lowest BCUT2D eigenvalue weighted by molar-refractivity contribution is 0.142. The molecule has 82 valence electrons. The van der Waals surface area contributed by atoms with Crippen LogP contribution in [-0.4, -0.2) is 41.1 Å². The van der Waals surface area contributed by atoms with E-state index in [1.165, 1.54) is 38.8 Å². The molecule has 14 heavy (non-hydrogen) atoms. The number of alkyl halides is 1. The zero-order valence-electron chi connectivity index (χ0n) is 8.66. The number of nitrogens with zero attached hydrogens (tertiary/aromatic N) is 1. The number of halogens is 1. The first-order valence-corrected chi connectivity index (χ1v) is 6.88. The summed E-state index contributed by atoms with van der Waals surface area (Å²) in [5.74, 6) is 1.87. The Morgan fingerprint density at radius 2 is 1.79 bits per heavy atom. The lowest BCUT2D eigenvalue weighted by Crippen LogP contribution is -2.31. The highest BCUT2D eigenvalue weighted by atomic mass is 79.9. The summed E-state index contributed by atoms with van der Waals surface area (Å²) in [7, 11) is 0. The van der Waals surface area contributed by atoms with Gasteiger partial charge in [-0.2, -0.15) is 0 Å². The van der Waals surface area contributed by atoms with Gasteiger partial charge in [0.2, 0.25) is 0 Å². The molecule has 1 saturated carbocycles. The molecular weight excluding hydrogens is 242 g/mol. The van der Waals surface area contributed by atoms with Gasteiger partial charge in [-0.15, -0.1) is 0 Å². The highest BCUT2D eigenvalue weighted by molar-refractivity contribution is 9.09. The molecule has 1 aliphatic carbocycles. The smallest absolute Gasteiger partial charge is 0.0763 e. The van der Waals surface area contributed by atoms with E-state index in [0.717, 1.165) is 18.4 Å². The molecule has 0 amide bonds. The van der Waals surface area contributed by atoms with Gasteiger partial charge in [-0.3, -0.25) is 0 Å². The van der Waals surface area contributed by atoms with Crippen LogP contribution in [0, 0.1) is 11.8 Å². The fourth-order valence-electron chi connectivity index (χ4n) is 3.00. The summed E-state index contributed by atoms with van der Waals surface area (Å²) >= 11 is 3.32. The van der Waals surface area contributed by atoms with Crippen LogP contribution in [0.1, 0.15) is 25.7 Å². The van der Waals surface area contributed by atoms with Crippen molar-refractivity contribution in [3.8, 4) is 0 Å². The zero-order chi connectivity index (χ0) is 9.97. The average Bonchev–Trinajstić information content (AvgIpc) is 2.59. The fourth-order valence-corrected chi connectivity index (χ4v) is 3.20. The third-order valence-corrected chi connectivity index (χ3v) is 4.45. The molecular formula is C11H20BrNO. The van der Waals surface area contributed by atoms with Crippen molar-refractivity contribution >= 4 is 15.9 Å². The van der Waals surface area contributed by atoms with Crippen LogP contribution >= 0.6 is 15.9 Å². The second-order valence-corrected chi connectivity index (χ2v) is 5.48. The fraction of sp³-hybridized carbons (Fsp3) is 1.00. The lowest BCUT2D eigenvalue weighted by Gasteiger charge is -2.23. The number of aliphatic hydroxyl groups excluding tert-OH is 1.